The molecular weight excluding hydrogens is 278 g/mol. The van der Waals surface area contributed by atoms with Crippen molar-refractivity contribution < 1.29 is 5.11 Å². The predicted molar refractivity (Wildman–Crippen MR) is 87.6 cm³/mol. The molecule has 1 unspecified atom stereocenters. The van der Waals surface area contributed by atoms with Crippen LogP contribution in [0, 0.1) is 0 Å². The minimum atomic E-state index is -0.00200. The number of fused-ring (bicyclic) bond motifs is 1. The molecular formula is C16H19N5O. The highest BCUT2D eigenvalue weighted by atomic mass is 16.3. The van der Waals surface area contributed by atoms with Crippen molar-refractivity contribution in [1.29, 1.82) is 0 Å². The van der Waals surface area contributed by atoms with Crippen LogP contribution >= 0.6 is 0 Å². The van der Waals surface area contributed by atoms with E-state index in [2.05, 4.69) is 15.4 Å². The molecule has 0 aliphatic carbocycles. The molecule has 1 aromatic carbocycles. The summed E-state index contributed by atoms with van der Waals surface area (Å²) in [5, 5.41) is 16.8. The van der Waals surface area contributed by atoms with Gasteiger partial charge in [-0.25, -0.2) is 9.50 Å². The molecule has 1 atom stereocenters. The van der Waals surface area contributed by atoms with Gasteiger partial charge in [-0.3, -0.25) is 0 Å². The third-order valence-corrected chi connectivity index (χ3v) is 3.66. The first-order valence-electron chi connectivity index (χ1n) is 7.29. The predicted octanol–water partition coefficient (Wildman–Crippen LogP) is 2.16. The first-order chi connectivity index (χ1) is 10.7. The molecule has 22 heavy (non-hydrogen) atoms. The van der Waals surface area contributed by atoms with Crippen LogP contribution in [0.15, 0.2) is 42.7 Å². The zero-order valence-corrected chi connectivity index (χ0v) is 12.4. The number of benzene rings is 1. The average molecular weight is 297 g/mol. The molecule has 0 bridgehead atoms. The van der Waals surface area contributed by atoms with Crippen molar-refractivity contribution in [3.8, 4) is 11.1 Å². The van der Waals surface area contributed by atoms with Crippen LogP contribution in [0.1, 0.15) is 13.3 Å². The van der Waals surface area contributed by atoms with E-state index >= 15 is 0 Å². The smallest absolute Gasteiger partial charge is 0.165 e. The molecule has 114 valence electrons. The van der Waals surface area contributed by atoms with Gasteiger partial charge in [0.15, 0.2) is 5.65 Å². The van der Waals surface area contributed by atoms with Crippen molar-refractivity contribution in [2.75, 3.05) is 17.7 Å². The summed E-state index contributed by atoms with van der Waals surface area (Å²) in [7, 11) is 0. The molecule has 0 amide bonds. The lowest BCUT2D eigenvalue weighted by atomic mass is 10.1. The highest BCUT2D eigenvalue weighted by molar-refractivity contribution is 5.78. The molecule has 4 N–H and O–H groups in total. The third-order valence-electron chi connectivity index (χ3n) is 3.66. The number of aromatic nitrogens is 3. The number of hydrogen-bond donors (Lipinski definition) is 3. The van der Waals surface area contributed by atoms with E-state index in [0.29, 0.717) is 0 Å². The fourth-order valence-corrected chi connectivity index (χ4v) is 2.30. The van der Waals surface area contributed by atoms with E-state index in [4.69, 9.17) is 5.73 Å². The minimum absolute atomic E-state index is 0.00200. The van der Waals surface area contributed by atoms with E-state index < -0.39 is 0 Å². The quantitative estimate of drug-likeness (QED) is 0.628. The van der Waals surface area contributed by atoms with Gasteiger partial charge in [-0.15, -0.1) is 0 Å². The van der Waals surface area contributed by atoms with Gasteiger partial charge in [0.05, 0.1) is 18.8 Å². The molecule has 0 saturated carbocycles. The maximum Gasteiger partial charge on any atom is 0.165 e. The van der Waals surface area contributed by atoms with Crippen molar-refractivity contribution >= 4 is 17.2 Å². The van der Waals surface area contributed by atoms with E-state index in [9.17, 15) is 5.11 Å². The molecule has 6 heteroatoms. The average Bonchev–Trinajstić information content (AvgIpc) is 2.96. The summed E-state index contributed by atoms with van der Waals surface area (Å²) in [5.74, 6) is 0.727. The van der Waals surface area contributed by atoms with Crippen LogP contribution in [-0.2, 0) is 0 Å². The fourth-order valence-electron chi connectivity index (χ4n) is 2.30. The Morgan fingerprint density at radius 2 is 2.05 bits per heavy atom. The van der Waals surface area contributed by atoms with Crippen LogP contribution in [0.2, 0.25) is 0 Å². The summed E-state index contributed by atoms with van der Waals surface area (Å²) in [4.78, 5) is 4.62. The number of aliphatic hydroxyl groups is 1. The summed E-state index contributed by atoms with van der Waals surface area (Å²) in [5.41, 5.74) is 9.19. The van der Waals surface area contributed by atoms with E-state index in [-0.39, 0.29) is 12.6 Å². The molecule has 6 nitrogen and oxygen atoms in total. The Morgan fingerprint density at radius 1 is 1.27 bits per heavy atom. The molecule has 2 heterocycles. The number of aliphatic hydroxyl groups excluding tert-OH is 1. The summed E-state index contributed by atoms with van der Waals surface area (Å²) in [6.07, 6.45) is 4.48. The Kier molecular flexibility index (Phi) is 3.93. The van der Waals surface area contributed by atoms with Crippen molar-refractivity contribution in [2.45, 2.75) is 19.4 Å². The Balaban J connectivity index is 2.00. The summed E-state index contributed by atoms with van der Waals surface area (Å²) in [6, 6.07) is 9.48. The summed E-state index contributed by atoms with van der Waals surface area (Å²) in [6.45, 7) is 2.10. The molecule has 0 aliphatic heterocycles. The van der Waals surface area contributed by atoms with Crippen LogP contribution in [-0.4, -0.2) is 32.4 Å². The number of nitrogen functional groups attached to an aromatic ring is 1. The number of hydrogen-bond acceptors (Lipinski definition) is 5. The molecule has 3 aromatic rings. The number of nitrogens with one attached hydrogen (secondary N) is 1. The summed E-state index contributed by atoms with van der Waals surface area (Å²) < 4.78 is 1.73. The lowest BCUT2D eigenvalue weighted by molar-refractivity contribution is 0.271. The maximum absolute atomic E-state index is 9.30. The van der Waals surface area contributed by atoms with Crippen molar-refractivity contribution in [1.82, 2.24) is 14.6 Å². The summed E-state index contributed by atoms with van der Waals surface area (Å²) >= 11 is 0. The van der Waals surface area contributed by atoms with Crippen molar-refractivity contribution in [2.24, 2.45) is 0 Å². The maximum atomic E-state index is 9.30. The van der Waals surface area contributed by atoms with Crippen molar-refractivity contribution in [3.05, 3.63) is 42.7 Å². The van der Waals surface area contributed by atoms with Gasteiger partial charge in [0, 0.05) is 17.4 Å². The van der Waals surface area contributed by atoms with Gasteiger partial charge in [0.2, 0.25) is 0 Å². The largest absolute Gasteiger partial charge is 0.399 e. The van der Waals surface area contributed by atoms with Gasteiger partial charge in [0.25, 0.3) is 0 Å². The third kappa shape index (κ3) is 2.73. The minimum Gasteiger partial charge on any atom is -0.399 e. The molecule has 2 aromatic heterocycles. The Labute approximate surface area is 128 Å². The standard InChI is InChI=1S/C16H19N5O/c1-2-13(10-22)19-15-7-8-21-16(20-15)14(9-18-21)11-3-5-12(17)6-4-11/h3-9,13,22H,2,10,17H2,1H3,(H,19,20). The molecule has 0 fully saturated rings. The van der Waals surface area contributed by atoms with Crippen LogP contribution in [0.5, 0.6) is 0 Å². The van der Waals surface area contributed by atoms with E-state index in [0.717, 1.165) is 34.7 Å². The second-order valence-electron chi connectivity index (χ2n) is 5.19. The lowest BCUT2D eigenvalue weighted by Gasteiger charge is -2.14. The van der Waals surface area contributed by atoms with Crippen LogP contribution in [0.25, 0.3) is 16.8 Å². The molecule has 3 rings (SSSR count). The van der Waals surface area contributed by atoms with Crippen LogP contribution in [0.4, 0.5) is 11.5 Å². The number of rotatable bonds is 5. The van der Waals surface area contributed by atoms with Gasteiger partial charge in [-0.05, 0) is 30.2 Å². The second kappa shape index (κ2) is 6.03. The first-order valence-corrected chi connectivity index (χ1v) is 7.29. The molecule has 0 aliphatic rings. The zero-order valence-electron chi connectivity index (χ0n) is 12.4. The van der Waals surface area contributed by atoms with Gasteiger partial charge in [-0.2, -0.15) is 5.10 Å². The SMILES string of the molecule is CCC(CO)Nc1ccn2ncc(-c3ccc(N)cc3)c2n1. The number of anilines is 2. The highest BCUT2D eigenvalue weighted by Crippen LogP contribution is 2.25. The normalized spacial score (nSPS) is 12.5. The Morgan fingerprint density at radius 3 is 2.73 bits per heavy atom. The number of nitrogens with two attached hydrogens (primary N) is 1. The monoisotopic (exact) mass is 297 g/mol. The lowest BCUT2D eigenvalue weighted by Crippen LogP contribution is -2.23. The Bertz CT molecular complexity index is 762. The van der Waals surface area contributed by atoms with E-state index in [1.807, 2.05) is 43.5 Å². The topological polar surface area (TPSA) is 88.5 Å². The molecule has 0 saturated heterocycles. The van der Waals surface area contributed by atoms with Crippen LogP contribution < -0.4 is 11.1 Å². The Hall–Kier alpha value is -2.60. The van der Waals surface area contributed by atoms with Gasteiger partial charge < -0.3 is 16.2 Å². The molecule has 0 spiro atoms. The highest BCUT2D eigenvalue weighted by Gasteiger charge is 2.10. The second-order valence-corrected chi connectivity index (χ2v) is 5.19. The first kappa shape index (κ1) is 14.3. The van der Waals surface area contributed by atoms with Crippen LogP contribution in [0.3, 0.4) is 0 Å². The van der Waals surface area contributed by atoms with Gasteiger partial charge >= 0.3 is 0 Å². The van der Waals surface area contributed by atoms with E-state index in [1.54, 1.807) is 10.7 Å². The molecule has 0 radical (unpaired) electrons. The van der Waals surface area contributed by atoms with E-state index in [1.165, 1.54) is 0 Å². The van der Waals surface area contributed by atoms with Gasteiger partial charge in [0.1, 0.15) is 5.82 Å². The van der Waals surface area contributed by atoms with Gasteiger partial charge in [-0.1, -0.05) is 19.1 Å². The zero-order chi connectivity index (χ0) is 15.5. The van der Waals surface area contributed by atoms with Crippen molar-refractivity contribution in [3.63, 3.8) is 0 Å². The fraction of sp³-hybridized carbons (Fsp3) is 0.250. The number of nitrogens with zero attached hydrogens (tertiary/aromatic N) is 3.